The molecule has 28 heavy (non-hydrogen) atoms. The summed E-state index contributed by atoms with van der Waals surface area (Å²) in [7, 11) is 0. The lowest BCUT2D eigenvalue weighted by Crippen LogP contribution is -2.34. The van der Waals surface area contributed by atoms with Gasteiger partial charge in [0.1, 0.15) is 21.3 Å². The largest absolute Gasteiger partial charge is 0.379 e. The van der Waals surface area contributed by atoms with Crippen molar-refractivity contribution in [2.75, 3.05) is 13.2 Å². The van der Waals surface area contributed by atoms with E-state index in [1.807, 2.05) is 56.3 Å². The van der Waals surface area contributed by atoms with Crippen LogP contribution in [0.5, 0.6) is 0 Å². The van der Waals surface area contributed by atoms with Gasteiger partial charge in [0.25, 0.3) is 5.91 Å². The van der Waals surface area contributed by atoms with Crippen molar-refractivity contribution in [3.63, 3.8) is 0 Å². The molecule has 1 fully saturated rings. The zero-order chi connectivity index (χ0) is 19.5. The number of amides is 1. The molecule has 2 aromatic heterocycles. The molecule has 1 N–H and O–H groups in total. The van der Waals surface area contributed by atoms with E-state index in [1.54, 1.807) is 0 Å². The van der Waals surface area contributed by atoms with Gasteiger partial charge in [0.15, 0.2) is 0 Å². The number of aryl methyl sites for hydroxylation is 2. The van der Waals surface area contributed by atoms with E-state index >= 15 is 0 Å². The molecule has 0 aliphatic carbocycles. The van der Waals surface area contributed by atoms with Crippen molar-refractivity contribution in [2.45, 2.75) is 26.3 Å². The smallest absolute Gasteiger partial charge is 0.263 e. The molecule has 6 nitrogen and oxygen atoms in total. The van der Waals surface area contributed by atoms with Crippen molar-refractivity contribution in [3.05, 3.63) is 57.2 Å². The summed E-state index contributed by atoms with van der Waals surface area (Å²) in [4.78, 5) is 17.7. The Labute approximate surface area is 167 Å². The molecule has 0 bridgehead atoms. The van der Waals surface area contributed by atoms with E-state index in [0.29, 0.717) is 18.1 Å². The average molecular weight is 395 g/mol. The van der Waals surface area contributed by atoms with E-state index < -0.39 is 0 Å². The normalized spacial score (nSPS) is 16.7. The highest BCUT2D eigenvalue weighted by Crippen LogP contribution is 2.28. The van der Waals surface area contributed by atoms with Crippen LogP contribution >= 0.6 is 11.3 Å². The van der Waals surface area contributed by atoms with Gasteiger partial charge >= 0.3 is 0 Å². The number of hydrogen-bond donors (Lipinski definition) is 1. The van der Waals surface area contributed by atoms with Crippen LogP contribution in [0.1, 0.15) is 38.1 Å². The van der Waals surface area contributed by atoms with Crippen molar-refractivity contribution in [1.29, 1.82) is 0 Å². The number of hydrogen-bond acceptors (Lipinski definition) is 6. The first-order valence-electron chi connectivity index (χ1n) is 9.17. The molecule has 0 radical (unpaired) electrons. The highest BCUT2D eigenvalue weighted by Gasteiger charge is 2.21. The Morgan fingerprint density at radius 2 is 2.07 bits per heavy atom. The molecule has 1 aromatic carbocycles. The van der Waals surface area contributed by atoms with Crippen LogP contribution in [0, 0.1) is 13.8 Å². The Balaban J connectivity index is 1.55. The Hall–Kier alpha value is -2.77. The summed E-state index contributed by atoms with van der Waals surface area (Å²) in [5, 5.41) is 7.97. The predicted molar refractivity (Wildman–Crippen MR) is 109 cm³/mol. The second-order valence-corrected chi connectivity index (χ2v) is 7.73. The van der Waals surface area contributed by atoms with Crippen molar-refractivity contribution in [1.82, 2.24) is 15.5 Å². The van der Waals surface area contributed by atoms with Crippen LogP contribution in [0.2, 0.25) is 0 Å². The fourth-order valence-corrected chi connectivity index (χ4v) is 4.01. The Bertz CT molecular complexity index is 1000. The number of ether oxygens (including phenoxy) is 1. The Morgan fingerprint density at radius 3 is 2.82 bits per heavy atom. The second-order valence-electron chi connectivity index (χ2n) is 6.70. The molecule has 0 saturated carbocycles. The molecule has 1 saturated heterocycles. The summed E-state index contributed by atoms with van der Waals surface area (Å²) in [6.07, 6.45) is 4.70. The van der Waals surface area contributed by atoms with Crippen molar-refractivity contribution in [2.24, 2.45) is 0 Å². The minimum Gasteiger partial charge on any atom is -0.379 e. The van der Waals surface area contributed by atoms with E-state index in [2.05, 4.69) is 15.5 Å². The molecule has 144 valence electrons. The molecule has 1 amide bonds. The average Bonchev–Trinajstić information content (AvgIpc) is 3.42. The lowest BCUT2D eigenvalue weighted by Gasteiger charge is -2.09. The van der Waals surface area contributed by atoms with Crippen molar-refractivity contribution < 1.29 is 14.1 Å². The lowest BCUT2D eigenvalue weighted by atomic mass is 10.1. The van der Waals surface area contributed by atoms with E-state index in [-0.39, 0.29) is 11.9 Å². The molecule has 1 unspecified atom stereocenters. The van der Waals surface area contributed by atoms with Gasteiger partial charge in [0, 0.05) is 17.7 Å². The zero-order valence-corrected chi connectivity index (χ0v) is 16.6. The minimum absolute atomic E-state index is 0.0843. The number of carbonyl (C=O) groups is 1. The number of nitrogens with one attached hydrogen (secondary N) is 1. The van der Waals surface area contributed by atoms with Gasteiger partial charge < -0.3 is 14.6 Å². The Kier molecular flexibility index (Phi) is 5.36. The number of rotatable bonds is 5. The molecular formula is C21H21N3O3S. The third-order valence-corrected chi connectivity index (χ3v) is 5.75. The van der Waals surface area contributed by atoms with E-state index in [1.165, 1.54) is 11.3 Å². The summed E-state index contributed by atoms with van der Waals surface area (Å²) in [5.41, 5.74) is 3.43. The summed E-state index contributed by atoms with van der Waals surface area (Å²) in [6, 6.07) is 9.99. The van der Waals surface area contributed by atoms with Gasteiger partial charge in [-0.05, 0) is 32.4 Å². The van der Waals surface area contributed by atoms with Crippen LogP contribution in [0.25, 0.3) is 23.4 Å². The molecule has 4 rings (SSSR count). The van der Waals surface area contributed by atoms with Crippen molar-refractivity contribution in [3.8, 4) is 11.3 Å². The zero-order valence-electron chi connectivity index (χ0n) is 15.8. The van der Waals surface area contributed by atoms with Crippen LogP contribution < -0.4 is 5.32 Å². The fourth-order valence-electron chi connectivity index (χ4n) is 3.13. The molecular weight excluding hydrogens is 374 g/mol. The SMILES string of the molecule is Cc1nc(C=Cc2c(-c3ccccc3)noc2C)sc1C(=O)NC1CCOC1. The molecule has 0 spiro atoms. The molecule has 7 heteroatoms. The van der Waals surface area contributed by atoms with E-state index in [4.69, 9.17) is 9.26 Å². The maximum absolute atomic E-state index is 12.5. The van der Waals surface area contributed by atoms with Crippen LogP contribution in [0.15, 0.2) is 34.9 Å². The first kappa shape index (κ1) is 18.6. The van der Waals surface area contributed by atoms with Crippen LogP contribution in [-0.2, 0) is 4.74 Å². The summed E-state index contributed by atoms with van der Waals surface area (Å²) in [5.74, 6) is 0.652. The highest BCUT2D eigenvalue weighted by molar-refractivity contribution is 7.14. The number of nitrogens with zero attached hydrogens (tertiary/aromatic N) is 2. The predicted octanol–water partition coefficient (Wildman–Crippen LogP) is 4.10. The standard InChI is InChI=1S/C21H21N3O3S/c1-13-20(21(25)23-16-10-11-26-12-16)28-18(22-13)9-8-17-14(2)27-24-19(17)15-6-4-3-5-7-15/h3-9,16H,10-12H2,1-2H3,(H,23,25). The van der Waals surface area contributed by atoms with Crippen LogP contribution in [0.4, 0.5) is 0 Å². The summed E-state index contributed by atoms with van der Waals surface area (Å²) < 4.78 is 10.7. The molecule has 1 aliphatic rings. The lowest BCUT2D eigenvalue weighted by molar-refractivity contribution is 0.0933. The van der Waals surface area contributed by atoms with Gasteiger partial charge in [0.2, 0.25) is 0 Å². The Morgan fingerprint density at radius 1 is 1.25 bits per heavy atom. The topological polar surface area (TPSA) is 77.2 Å². The van der Waals surface area contributed by atoms with Crippen LogP contribution in [0.3, 0.4) is 0 Å². The van der Waals surface area contributed by atoms with Gasteiger partial charge in [-0.2, -0.15) is 0 Å². The molecule has 1 aliphatic heterocycles. The third-order valence-electron chi connectivity index (χ3n) is 4.63. The quantitative estimate of drug-likeness (QED) is 0.704. The molecule has 1 atom stereocenters. The van der Waals surface area contributed by atoms with Gasteiger partial charge in [0.05, 0.1) is 18.3 Å². The van der Waals surface area contributed by atoms with Gasteiger partial charge in [-0.1, -0.05) is 35.5 Å². The first-order chi connectivity index (χ1) is 13.6. The summed E-state index contributed by atoms with van der Waals surface area (Å²) >= 11 is 1.38. The maximum Gasteiger partial charge on any atom is 0.263 e. The number of thiazole rings is 1. The number of aromatic nitrogens is 2. The minimum atomic E-state index is -0.0868. The van der Waals surface area contributed by atoms with Gasteiger partial charge in [-0.25, -0.2) is 4.98 Å². The van der Waals surface area contributed by atoms with Crippen molar-refractivity contribution >= 4 is 29.4 Å². The second kappa shape index (κ2) is 8.08. The number of carbonyl (C=O) groups excluding carboxylic acids is 1. The monoisotopic (exact) mass is 395 g/mol. The highest BCUT2D eigenvalue weighted by atomic mass is 32.1. The van der Waals surface area contributed by atoms with Gasteiger partial charge in [-0.3, -0.25) is 4.79 Å². The van der Waals surface area contributed by atoms with Crippen LogP contribution in [-0.4, -0.2) is 35.3 Å². The molecule has 3 aromatic rings. The fraction of sp³-hybridized carbons (Fsp3) is 0.286. The summed E-state index contributed by atoms with van der Waals surface area (Å²) in [6.45, 7) is 5.01. The van der Waals surface area contributed by atoms with E-state index in [9.17, 15) is 4.79 Å². The molecule has 3 heterocycles. The number of benzene rings is 1. The van der Waals surface area contributed by atoms with E-state index in [0.717, 1.165) is 39.7 Å². The van der Waals surface area contributed by atoms with Gasteiger partial charge in [-0.15, -0.1) is 11.3 Å². The maximum atomic E-state index is 12.5. The first-order valence-corrected chi connectivity index (χ1v) is 9.99. The third kappa shape index (κ3) is 3.90.